The fourth-order valence-corrected chi connectivity index (χ4v) is 3.46. The van der Waals surface area contributed by atoms with Crippen LogP contribution in [-0.2, 0) is 20.5 Å². The van der Waals surface area contributed by atoms with Gasteiger partial charge in [-0.3, -0.25) is 0 Å². The van der Waals surface area contributed by atoms with E-state index in [-0.39, 0.29) is 23.2 Å². The Labute approximate surface area is 117 Å². The molecule has 0 saturated carbocycles. The van der Waals surface area contributed by atoms with Gasteiger partial charge in [0.05, 0.1) is 11.9 Å². The Morgan fingerprint density at radius 1 is 1.47 bits per heavy atom. The number of hydrogen-bond donors (Lipinski definition) is 1. The third kappa shape index (κ3) is 4.14. The highest BCUT2D eigenvalue weighted by molar-refractivity contribution is 7.88. The highest BCUT2D eigenvalue weighted by Gasteiger charge is 2.21. The topological polar surface area (TPSA) is 55.4 Å². The largest absolute Gasteiger partial charge is 0.377 e. The van der Waals surface area contributed by atoms with Crippen molar-refractivity contribution < 1.29 is 17.5 Å². The van der Waals surface area contributed by atoms with Gasteiger partial charge in [0.2, 0.25) is 10.0 Å². The van der Waals surface area contributed by atoms with Gasteiger partial charge in [0.15, 0.2) is 0 Å². The minimum Gasteiger partial charge on any atom is -0.377 e. The average molecular weight is 308 g/mol. The van der Waals surface area contributed by atoms with Crippen molar-refractivity contribution in [1.82, 2.24) is 4.72 Å². The van der Waals surface area contributed by atoms with Crippen LogP contribution in [0.1, 0.15) is 18.4 Å². The number of sulfonamides is 1. The second-order valence-corrected chi connectivity index (χ2v) is 6.66. The summed E-state index contributed by atoms with van der Waals surface area (Å²) in [5, 5.41) is 0.113. The molecule has 1 heterocycles. The third-order valence-electron chi connectivity index (χ3n) is 2.95. The van der Waals surface area contributed by atoms with Crippen molar-refractivity contribution >= 4 is 21.6 Å². The van der Waals surface area contributed by atoms with Crippen molar-refractivity contribution in [3.05, 3.63) is 34.6 Å². The summed E-state index contributed by atoms with van der Waals surface area (Å²) in [5.74, 6) is -1.08. The SMILES string of the molecule is O=S(=O)(Cc1c(F)cccc1Cl)NC[C@H]1CCCO1. The van der Waals surface area contributed by atoms with Crippen LogP contribution in [0, 0.1) is 5.82 Å². The molecule has 1 aliphatic rings. The van der Waals surface area contributed by atoms with Gasteiger partial charge in [-0.2, -0.15) is 0 Å². The van der Waals surface area contributed by atoms with E-state index in [2.05, 4.69) is 4.72 Å². The molecule has 0 unspecified atom stereocenters. The van der Waals surface area contributed by atoms with Gasteiger partial charge in [-0.15, -0.1) is 0 Å². The lowest BCUT2D eigenvalue weighted by Crippen LogP contribution is -2.32. The van der Waals surface area contributed by atoms with Gasteiger partial charge in [-0.25, -0.2) is 17.5 Å². The first kappa shape index (κ1) is 14.7. The second kappa shape index (κ2) is 6.17. The third-order valence-corrected chi connectivity index (χ3v) is 4.58. The van der Waals surface area contributed by atoms with Crippen LogP contribution in [0.2, 0.25) is 5.02 Å². The maximum Gasteiger partial charge on any atom is 0.216 e. The van der Waals surface area contributed by atoms with Gasteiger partial charge in [0.1, 0.15) is 5.82 Å². The number of nitrogens with one attached hydrogen (secondary N) is 1. The van der Waals surface area contributed by atoms with Gasteiger partial charge >= 0.3 is 0 Å². The van der Waals surface area contributed by atoms with E-state index in [9.17, 15) is 12.8 Å². The summed E-state index contributed by atoms with van der Waals surface area (Å²) < 4.78 is 45.0. The lowest BCUT2D eigenvalue weighted by molar-refractivity contribution is 0.114. The zero-order chi connectivity index (χ0) is 13.9. The average Bonchev–Trinajstić information content (AvgIpc) is 2.85. The Morgan fingerprint density at radius 3 is 2.89 bits per heavy atom. The highest BCUT2D eigenvalue weighted by Crippen LogP contribution is 2.21. The molecule has 1 saturated heterocycles. The van der Waals surface area contributed by atoms with E-state index < -0.39 is 21.6 Å². The Kier molecular flexibility index (Phi) is 4.78. The van der Waals surface area contributed by atoms with Crippen molar-refractivity contribution in [2.45, 2.75) is 24.7 Å². The van der Waals surface area contributed by atoms with Crippen LogP contribution < -0.4 is 4.72 Å². The summed E-state index contributed by atoms with van der Waals surface area (Å²) in [7, 11) is -3.62. The fraction of sp³-hybridized carbons (Fsp3) is 0.500. The lowest BCUT2D eigenvalue weighted by atomic mass is 10.2. The molecule has 2 rings (SSSR count). The lowest BCUT2D eigenvalue weighted by Gasteiger charge is -2.12. The number of ether oxygens (including phenoxy) is 1. The first-order valence-electron chi connectivity index (χ1n) is 6.00. The molecule has 7 heteroatoms. The Morgan fingerprint density at radius 2 is 2.26 bits per heavy atom. The molecule has 0 aromatic heterocycles. The quantitative estimate of drug-likeness (QED) is 0.906. The van der Waals surface area contributed by atoms with Crippen molar-refractivity contribution in [2.24, 2.45) is 0 Å². The molecule has 19 heavy (non-hydrogen) atoms. The monoisotopic (exact) mass is 307 g/mol. The molecule has 1 N–H and O–H groups in total. The summed E-state index contributed by atoms with van der Waals surface area (Å²) in [5.41, 5.74) is -0.0102. The molecule has 0 bridgehead atoms. The molecular weight excluding hydrogens is 293 g/mol. The molecule has 106 valence electrons. The Hall–Kier alpha value is -0.690. The smallest absolute Gasteiger partial charge is 0.216 e. The molecule has 0 aliphatic carbocycles. The van der Waals surface area contributed by atoms with Crippen molar-refractivity contribution in [2.75, 3.05) is 13.2 Å². The van der Waals surface area contributed by atoms with Crippen LogP contribution in [0.5, 0.6) is 0 Å². The van der Waals surface area contributed by atoms with Crippen LogP contribution >= 0.6 is 11.6 Å². The summed E-state index contributed by atoms with van der Waals surface area (Å²) in [6.07, 6.45) is 1.68. The van der Waals surface area contributed by atoms with Crippen LogP contribution in [0.25, 0.3) is 0 Å². The van der Waals surface area contributed by atoms with E-state index in [0.29, 0.717) is 6.61 Å². The van der Waals surface area contributed by atoms with E-state index in [1.807, 2.05) is 0 Å². The van der Waals surface area contributed by atoms with Gasteiger partial charge in [0, 0.05) is 23.7 Å². The highest BCUT2D eigenvalue weighted by atomic mass is 35.5. The summed E-state index contributed by atoms with van der Waals surface area (Å²) in [6.45, 7) is 0.875. The zero-order valence-electron chi connectivity index (χ0n) is 10.2. The zero-order valence-corrected chi connectivity index (χ0v) is 11.8. The minimum absolute atomic E-state index is 0.0102. The van der Waals surface area contributed by atoms with Gasteiger partial charge < -0.3 is 4.74 Å². The fourth-order valence-electron chi connectivity index (χ4n) is 1.94. The van der Waals surface area contributed by atoms with Crippen LogP contribution in [0.3, 0.4) is 0 Å². The van der Waals surface area contributed by atoms with E-state index in [0.717, 1.165) is 12.8 Å². The summed E-state index contributed by atoms with van der Waals surface area (Å²) >= 11 is 5.81. The summed E-state index contributed by atoms with van der Waals surface area (Å²) in [6, 6.07) is 4.10. The molecule has 0 spiro atoms. The van der Waals surface area contributed by atoms with Gasteiger partial charge in [0.25, 0.3) is 0 Å². The number of hydrogen-bond acceptors (Lipinski definition) is 3. The molecule has 1 atom stereocenters. The van der Waals surface area contributed by atoms with E-state index in [1.54, 1.807) is 0 Å². The molecule has 0 radical (unpaired) electrons. The Balaban J connectivity index is 2.00. The maximum atomic E-state index is 13.5. The molecular formula is C12H15ClFNO3S. The van der Waals surface area contributed by atoms with Crippen molar-refractivity contribution in [1.29, 1.82) is 0 Å². The molecule has 4 nitrogen and oxygen atoms in total. The standard InChI is InChI=1S/C12H15ClFNO3S/c13-11-4-1-5-12(14)10(11)8-19(16,17)15-7-9-3-2-6-18-9/h1,4-5,9,15H,2-3,6-8H2/t9-/m1/s1. The van der Waals surface area contributed by atoms with Crippen molar-refractivity contribution in [3.8, 4) is 0 Å². The number of rotatable bonds is 5. The predicted molar refractivity (Wildman–Crippen MR) is 71.0 cm³/mol. The molecule has 1 aliphatic heterocycles. The molecule has 1 aromatic carbocycles. The van der Waals surface area contributed by atoms with E-state index in [4.69, 9.17) is 16.3 Å². The normalized spacial score (nSPS) is 19.8. The van der Waals surface area contributed by atoms with E-state index >= 15 is 0 Å². The van der Waals surface area contributed by atoms with Crippen LogP contribution in [0.15, 0.2) is 18.2 Å². The Bertz CT molecular complexity index is 524. The van der Waals surface area contributed by atoms with E-state index in [1.165, 1.54) is 18.2 Å². The van der Waals surface area contributed by atoms with Crippen molar-refractivity contribution in [3.63, 3.8) is 0 Å². The minimum atomic E-state index is -3.62. The second-order valence-electron chi connectivity index (χ2n) is 4.44. The summed E-state index contributed by atoms with van der Waals surface area (Å²) in [4.78, 5) is 0. The number of halogens is 2. The molecule has 0 amide bonds. The number of benzene rings is 1. The molecule has 1 fully saturated rings. The first-order chi connectivity index (χ1) is 8.98. The van der Waals surface area contributed by atoms with Gasteiger partial charge in [-0.1, -0.05) is 17.7 Å². The first-order valence-corrected chi connectivity index (χ1v) is 8.03. The predicted octanol–water partition coefficient (Wildman–Crippen LogP) is 2.08. The van der Waals surface area contributed by atoms with Crippen LogP contribution in [0.4, 0.5) is 4.39 Å². The molecule has 1 aromatic rings. The maximum absolute atomic E-state index is 13.5. The van der Waals surface area contributed by atoms with Gasteiger partial charge in [-0.05, 0) is 25.0 Å². The van der Waals surface area contributed by atoms with Crippen LogP contribution in [-0.4, -0.2) is 27.7 Å².